The van der Waals surface area contributed by atoms with E-state index in [1.54, 1.807) is 18.2 Å². The molecule has 0 bridgehead atoms. The molecule has 35 heavy (non-hydrogen) atoms. The summed E-state index contributed by atoms with van der Waals surface area (Å²) in [6, 6.07) is 14.2. The molecule has 1 atom stereocenters. The fraction of sp³-hybridized carbons (Fsp3) is 0.385. The standard InChI is InChI=1S/C26H33N5O4/c1-26(34)13-11-18(12-14-26)31-23(27)21(24(28)32)22(30-31)17-9-7-16(8-10-17)15-29-25(33)19-5-3-4-6-20(19)35-2/h3-10,18,22,30,34H,11-15,27H2,1-2H3,(H2,28,32)(H,29,33). The van der Waals surface area contributed by atoms with Crippen molar-refractivity contribution < 1.29 is 19.4 Å². The van der Waals surface area contributed by atoms with Gasteiger partial charge in [0.1, 0.15) is 11.6 Å². The van der Waals surface area contributed by atoms with Crippen LogP contribution >= 0.6 is 0 Å². The fourth-order valence-electron chi connectivity index (χ4n) is 4.78. The third-order valence-electron chi connectivity index (χ3n) is 6.87. The SMILES string of the molecule is COc1ccccc1C(=O)NCc1ccc(C2NN(C3CCC(C)(O)CC3)C(N)=C2C(N)=O)cc1. The number of amides is 2. The minimum absolute atomic E-state index is 0.0686. The predicted molar refractivity (Wildman–Crippen MR) is 132 cm³/mol. The number of carbonyl (C=O) groups is 2. The molecule has 1 heterocycles. The van der Waals surface area contributed by atoms with Gasteiger partial charge in [0, 0.05) is 12.6 Å². The van der Waals surface area contributed by atoms with Crippen LogP contribution in [0.5, 0.6) is 5.75 Å². The van der Waals surface area contributed by atoms with Crippen LogP contribution in [0.3, 0.4) is 0 Å². The van der Waals surface area contributed by atoms with Crippen molar-refractivity contribution in [2.75, 3.05) is 7.11 Å². The molecule has 2 aliphatic rings. The largest absolute Gasteiger partial charge is 0.496 e. The quantitative estimate of drug-likeness (QED) is 0.408. The van der Waals surface area contributed by atoms with E-state index in [9.17, 15) is 14.7 Å². The number of aliphatic hydroxyl groups is 1. The molecule has 9 heteroatoms. The summed E-state index contributed by atoms with van der Waals surface area (Å²) in [6.07, 6.45) is 2.83. The highest BCUT2D eigenvalue weighted by Crippen LogP contribution is 2.36. The van der Waals surface area contributed by atoms with Gasteiger partial charge in [0.15, 0.2) is 0 Å². The molecule has 1 unspecified atom stereocenters. The Balaban J connectivity index is 1.44. The molecule has 1 saturated carbocycles. The van der Waals surface area contributed by atoms with Gasteiger partial charge in [-0.1, -0.05) is 36.4 Å². The van der Waals surface area contributed by atoms with Gasteiger partial charge in [-0.3, -0.25) is 14.6 Å². The minimum Gasteiger partial charge on any atom is -0.496 e. The molecule has 0 spiro atoms. The van der Waals surface area contributed by atoms with Crippen molar-refractivity contribution in [3.05, 3.63) is 76.6 Å². The van der Waals surface area contributed by atoms with E-state index in [0.29, 0.717) is 42.1 Å². The van der Waals surface area contributed by atoms with E-state index in [0.717, 1.165) is 24.0 Å². The number of carbonyl (C=O) groups excluding carboxylic acids is 2. The molecule has 9 nitrogen and oxygen atoms in total. The normalized spacial score (nSPS) is 24.4. The van der Waals surface area contributed by atoms with E-state index in [1.165, 1.54) is 7.11 Å². The Hall–Kier alpha value is -3.56. The maximum atomic E-state index is 12.6. The highest BCUT2D eigenvalue weighted by Gasteiger charge is 2.40. The van der Waals surface area contributed by atoms with Crippen LogP contribution in [-0.4, -0.2) is 40.7 Å². The maximum absolute atomic E-state index is 12.6. The Labute approximate surface area is 205 Å². The summed E-state index contributed by atoms with van der Waals surface area (Å²) in [7, 11) is 1.53. The molecule has 7 N–H and O–H groups in total. The summed E-state index contributed by atoms with van der Waals surface area (Å²) in [5.74, 6) is 0.0561. The van der Waals surface area contributed by atoms with Crippen LogP contribution in [-0.2, 0) is 11.3 Å². The van der Waals surface area contributed by atoms with Crippen molar-refractivity contribution in [2.24, 2.45) is 11.5 Å². The molecule has 2 aromatic carbocycles. The first-order chi connectivity index (χ1) is 16.7. The first-order valence-corrected chi connectivity index (χ1v) is 11.8. The lowest BCUT2D eigenvalue weighted by Crippen LogP contribution is -2.47. The molecule has 0 aromatic heterocycles. The summed E-state index contributed by atoms with van der Waals surface area (Å²) < 4.78 is 5.26. The number of ether oxygens (including phenoxy) is 1. The molecule has 0 radical (unpaired) electrons. The van der Waals surface area contributed by atoms with Gasteiger partial charge in [0.05, 0.1) is 29.9 Å². The van der Waals surface area contributed by atoms with Gasteiger partial charge < -0.3 is 26.6 Å². The first-order valence-electron chi connectivity index (χ1n) is 11.8. The van der Waals surface area contributed by atoms with Gasteiger partial charge in [-0.2, -0.15) is 0 Å². The maximum Gasteiger partial charge on any atom is 0.255 e. The average molecular weight is 480 g/mol. The summed E-state index contributed by atoms with van der Waals surface area (Å²) in [6.45, 7) is 2.18. The number of primary amides is 1. The van der Waals surface area contributed by atoms with Gasteiger partial charge in [0.2, 0.25) is 5.91 Å². The highest BCUT2D eigenvalue weighted by molar-refractivity contribution is 5.97. The molecule has 0 saturated heterocycles. The van der Waals surface area contributed by atoms with Crippen molar-refractivity contribution >= 4 is 11.8 Å². The summed E-state index contributed by atoms with van der Waals surface area (Å²) in [5, 5.41) is 15.0. The van der Waals surface area contributed by atoms with Crippen molar-refractivity contribution in [3.63, 3.8) is 0 Å². The van der Waals surface area contributed by atoms with Gasteiger partial charge in [-0.05, 0) is 55.9 Å². The van der Waals surface area contributed by atoms with Crippen LogP contribution in [0.4, 0.5) is 0 Å². The lowest BCUT2D eigenvalue weighted by Gasteiger charge is -2.39. The van der Waals surface area contributed by atoms with Crippen molar-refractivity contribution in [3.8, 4) is 5.75 Å². The summed E-state index contributed by atoms with van der Waals surface area (Å²) in [4.78, 5) is 24.8. The molecule has 2 amide bonds. The number of nitrogens with zero attached hydrogens (tertiary/aromatic N) is 1. The Morgan fingerprint density at radius 3 is 2.46 bits per heavy atom. The van der Waals surface area contributed by atoms with Crippen LogP contribution < -0.4 is 26.9 Å². The second-order valence-electron chi connectivity index (χ2n) is 9.45. The molecule has 4 rings (SSSR count). The number of hydrogen-bond donors (Lipinski definition) is 5. The van der Waals surface area contributed by atoms with Crippen molar-refractivity contribution in [1.29, 1.82) is 0 Å². The molecular formula is C26H33N5O4. The Morgan fingerprint density at radius 1 is 1.17 bits per heavy atom. The summed E-state index contributed by atoms with van der Waals surface area (Å²) in [5.41, 5.74) is 17.3. The zero-order chi connectivity index (χ0) is 25.2. The second-order valence-corrected chi connectivity index (χ2v) is 9.45. The smallest absolute Gasteiger partial charge is 0.255 e. The Kier molecular flexibility index (Phi) is 7.00. The first kappa shape index (κ1) is 24.6. The summed E-state index contributed by atoms with van der Waals surface area (Å²) >= 11 is 0. The predicted octanol–water partition coefficient (Wildman–Crippen LogP) is 1.84. The van der Waals surface area contributed by atoms with E-state index >= 15 is 0 Å². The molecule has 1 aliphatic carbocycles. The van der Waals surface area contributed by atoms with E-state index in [1.807, 2.05) is 42.3 Å². The topological polar surface area (TPSA) is 143 Å². The number of rotatable bonds is 7. The minimum atomic E-state index is -0.669. The highest BCUT2D eigenvalue weighted by atomic mass is 16.5. The molecule has 1 aliphatic heterocycles. The lowest BCUT2D eigenvalue weighted by atomic mass is 9.83. The number of para-hydroxylation sites is 1. The average Bonchev–Trinajstić information content (AvgIpc) is 3.20. The number of methoxy groups -OCH3 is 1. The van der Waals surface area contributed by atoms with Gasteiger partial charge in [0.25, 0.3) is 5.91 Å². The number of benzene rings is 2. The lowest BCUT2D eigenvalue weighted by molar-refractivity contribution is -0.114. The Bertz CT molecular complexity index is 1120. The van der Waals surface area contributed by atoms with Gasteiger partial charge in [-0.25, -0.2) is 5.43 Å². The number of hydrazine groups is 1. The number of hydrogen-bond acceptors (Lipinski definition) is 7. The molecule has 2 aromatic rings. The van der Waals surface area contributed by atoms with Crippen LogP contribution in [0.15, 0.2) is 59.9 Å². The number of nitrogens with one attached hydrogen (secondary N) is 2. The van der Waals surface area contributed by atoms with E-state index in [4.69, 9.17) is 16.2 Å². The van der Waals surface area contributed by atoms with E-state index in [-0.39, 0.29) is 11.9 Å². The van der Waals surface area contributed by atoms with E-state index in [2.05, 4.69) is 10.7 Å². The fourth-order valence-corrected chi connectivity index (χ4v) is 4.78. The third kappa shape index (κ3) is 5.26. The van der Waals surface area contributed by atoms with E-state index < -0.39 is 17.6 Å². The van der Waals surface area contributed by atoms with Gasteiger partial charge >= 0.3 is 0 Å². The van der Waals surface area contributed by atoms with Crippen LogP contribution in [0.25, 0.3) is 0 Å². The van der Waals surface area contributed by atoms with Crippen LogP contribution in [0.1, 0.15) is 60.1 Å². The zero-order valence-corrected chi connectivity index (χ0v) is 20.1. The monoisotopic (exact) mass is 479 g/mol. The zero-order valence-electron chi connectivity index (χ0n) is 20.1. The third-order valence-corrected chi connectivity index (χ3v) is 6.87. The molecule has 186 valence electrons. The van der Waals surface area contributed by atoms with Crippen LogP contribution in [0.2, 0.25) is 0 Å². The van der Waals surface area contributed by atoms with Crippen molar-refractivity contribution in [1.82, 2.24) is 15.8 Å². The second kappa shape index (κ2) is 9.97. The molecular weight excluding hydrogens is 446 g/mol. The number of nitrogens with two attached hydrogens (primary N) is 2. The van der Waals surface area contributed by atoms with Gasteiger partial charge in [-0.15, -0.1) is 0 Å². The van der Waals surface area contributed by atoms with Crippen LogP contribution in [0, 0.1) is 0 Å². The Morgan fingerprint density at radius 2 is 1.83 bits per heavy atom. The van der Waals surface area contributed by atoms with Crippen molar-refractivity contribution in [2.45, 2.75) is 56.8 Å². The molecule has 1 fully saturated rings.